The molecule has 2 rings (SSSR count). The van der Waals surface area contributed by atoms with Crippen LogP contribution in [0.2, 0.25) is 0 Å². The van der Waals surface area contributed by atoms with E-state index in [1.54, 1.807) is 0 Å². The first-order valence-corrected chi connectivity index (χ1v) is 6.80. The van der Waals surface area contributed by atoms with Gasteiger partial charge in [0.05, 0.1) is 0 Å². The van der Waals surface area contributed by atoms with E-state index in [2.05, 4.69) is 28.1 Å². The number of ketones is 1. The highest BCUT2D eigenvalue weighted by Gasteiger charge is 2.15. The Morgan fingerprint density at radius 3 is 2.28 bits per heavy atom. The molecule has 0 aliphatic carbocycles. The Balaban J connectivity index is 2.06. The fraction of sp³-hybridized carbons (Fsp3) is 0.188. The summed E-state index contributed by atoms with van der Waals surface area (Å²) in [4.78, 5) is 12.2. The Kier molecular flexibility index (Phi) is 4.32. The highest BCUT2D eigenvalue weighted by Crippen LogP contribution is 2.16. The van der Waals surface area contributed by atoms with Crippen LogP contribution >= 0.6 is 15.9 Å². The fourth-order valence-corrected chi connectivity index (χ4v) is 2.22. The first-order valence-electron chi connectivity index (χ1n) is 6.00. The third-order valence-electron chi connectivity index (χ3n) is 2.96. The van der Waals surface area contributed by atoms with Gasteiger partial charge in [0.1, 0.15) is 0 Å². The van der Waals surface area contributed by atoms with Gasteiger partial charge in [-0.2, -0.15) is 0 Å². The van der Waals surface area contributed by atoms with Crippen molar-refractivity contribution < 1.29 is 4.79 Å². The van der Waals surface area contributed by atoms with Crippen LogP contribution in [-0.2, 0) is 6.42 Å². The van der Waals surface area contributed by atoms with Crippen LogP contribution < -0.4 is 0 Å². The van der Waals surface area contributed by atoms with Gasteiger partial charge in [-0.15, -0.1) is 0 Å². The topological polar surface area (TPSA) is 17.1 Å². The second kappa shape index (κ2) is 5.96. The molecule has 0 heterocycles. The summed E-state index contributed by atoms with van der Waals surface area (Å²) in [6.45, 7) is 1.98. The molecular weight excluding hydrogens is 288 g/mol. The minimum absolute atomic E-state index is 0.00794. The molecule has 0 aliphatic rings. The van der Waals surface area contributed by atoms with Gasteiger partial charge in [0.2, 0.25) is 0 Å². The first kappa shape index (κ1) is 13.0. The number of rotatable bonds is 4. The van der Waals surface area contributed by atoms with E-state index in [9.17, 15) is 4.79 Å². The number of hydrogen-bond donors (Lipinski definition) is 0. The van der Waals surface area contributed by atoms with Crippen LogP contribution in [0.1, 0.15) is 22.8 Å². The van der Waals surface area contributed by atoms with Gasteiger partial charge in [-0.1, -0.05) is 65.3 Å². The van der Waals surface area contributed by atoms with E-state index < -0.39 is 0 Å². The number of carbonyl (C=O) groups excluding carboxylic acids is 1. The van der Waals surface area contributed by atoms with E-state index in [-0.39, 0.29) is 11.7 Å². The molecule has 0 N–H and O–H groups in total. The van der Waals surface area contributed by atoms with E-state index in [4.69, 9.17) is 0 Å². The molecule has 0 fully saturated rings. The molecule has 0 spiro atoms. The number of carbonyl (C=O) groups is 1. The van der Waals surface area contributed by atoms with Crippen LogP contribution in [-0.4, -0.2) is 5.78 Å². The smallest absolute Gasteiger partial charge is 0.165 e. The van der Waals surface area contributed by atoms with Crippen LogP contribution in [0.25, 0.3) is 0 Å². The molecule has 92 valence electrons. The SMILES string of the molecule is CC(Cc1ccc(Br)cc1)C(=O)c1ccccc1. The van der Waals surface area contributed by atoms with E-state index in [1.165, 1.54) is 5.56 Å². The highest BCUT2D eigenvalue weighted by molar-refractivity contribution is 9.10. The van der Waals surface area contributed by atoms with Crippen molar-refractivity contribution in [1.29, 1.82) is 0 Å². The maximum Gasteiger partial charge on any atom is 0.165 e. The van der Waals surface area contributed by atoms with Crippen LogP contribution in [0.5, 0.6) is 0 Å². The van der Waals surface area contributed by atoms with E-state index >= 15 is 0 Å². The average molecular weight is 303 g/mol. The summed E-state index contributed by atoms with van der Waals surface area (Å²) in [5, 5.41) is 0. The fourth-order valence-electron chi connectivity index (χ4n) is 1.95. The molecule has 0 bridgehead atoms. The molecule has 18 heavy (non-hydrogen) atoms. The lowest BCUT2D eigenvalue weighted by Crippen LogP contribution is -2.13. The van der Waals surface area contributed by atoms with Gasteiger partial charge in [-0.3, -0.25) is 4.79 Å². The molecule has 1 unspecified atom stereocenters. The number of hydrogen-bond acceptors (Lipinski definition) is 1. The predicted molar refractivity (Wildman–Crippen MR) is 77.8 cm³/mol. The third kappa shape index (κ3) is 3.30. The summed E-state index contributed by atoms with van der Waals surface area (Å²) in [7, 11) is 0. The van der Waals surface area contributed by atoms with Gasteiger partial charge in [-0.05, 0) is 24.1 Å². The quantitative estimate of drug-likeness (QED) is 0.759. The molecule has 2 aromatic carbocycles. The van der Waals surface area contributed by atoms with Gasteiger partial charge in [0.25, 0.3) is 0 Å². The molecule has 1 atom stereocenters. The molecule has 2 heteroatoms. The lowest BCUT2D eigenvalue weighted by Gasteiger charge is -2.10. The zero-order chi connectivity index (χ0) is 13.0. The van der Waals surface area contributed by atoms with Crippen molar-refractivity contribution >= 4 is 21.7 Å². The molecule has 0 saturated carbocycles. The second-order valence-electron chi connectivity index (χ2n) is 4.46. The summed E-state index contributed by atoms with van der Waals surface area (Å²) >= 11 is 3.41. The molecule has 1 nitrogen and oxygen atoms in total. The van der Waals surface area contributed by atoms with Gasteiger partial charge in [0.15, 0.2) is 5.78 Å². The number of benzene rings is 2. The second-order valence-corrected chi connectivity index (χ2v) is 5.38. The van der Waals surface area contributed by atoms with Crippen molar-refractivity contribution in [3.63, 3.8) is 0 Å². The summed E-state index contributed by atoms with van der Waals surface area (Å²) in [5.74, 6) is 0.215. The van der Waals surface area contributed by atoms with E-state index in [0.29, 0.717) is 0 Å². The zero-order valence-electron chi connectivity index (χ0n) is 10.3. The van der Waals surface area contributed by atoms with Crippen LogP contribution in [0, 0.1) is 5.92 Å². The van der Waals surface area contributed by atoms with Crippen molar-refractivity contribution in [2.24, 2.45) is 5.92 Å². The van der Waals surface area contributed by atoms with Gasteiger partial charge in [-0.25, -0.2) is 0 Å². The Bertz CT molecular complexity index is 517. The van der Waals surface area contributed by atoms with Crippen molar-refractivity contribution in [2.45, 2.75) is 13.3 Å². The summed E-state index contributed by atoms with van der Waals surface area (Å²) in [5.41, 5.74) is 1.98. The Morgan fingerprint density at radius 2 is 1.67 bits per heavy atom. The monoisotopic (exact) mass is 302 g/mol. The van der Waals surface area contributed by atoms with Crippen molar-refractivity contribution in [3.8, 4) is 0 Å². The molecule has 0 amide bonds. The van der Waals surface area contributed by atoms with Gasteiger partial charge >= 0.3 is 0 Å². The summed E-state index contributed by atoms with van der Waals surface area (Å²) in [6, 6.07) is 17.6. The summed E-state index contributed by atoms with van der Waals surface area (Å²) in [6.07, 6.45) is 0.779. The van der Waals surface area contributed by atoms with Gasteiger partial charge in [0, 0.05) is 16.0 Å². The molecular formula is C16H15BrO. The molecule has 2 aromatic rings. The Labute approximate surface area is 116 Å². The minimum Gasteiger partial charge on any atom is -0.294 e. The van der Waals surface area contributed by atoms with Crippen LogP contribution in [0.4, 0.5) is 0 Å². The Morgan fingerprint density at radius 1 is 1.06 bits per heavy atom. The maximum absolute atomic E-state index is 12.2. The molecule has 0 aromatic heterocycles. The molecule has 0 saturated heterocycles. The van der Waals surface area contributed by atoms with Crippen LogP contribution in [0.3, 0.4) is 0 Å². The summed E-state index contributed by atoms with van der Waals surface area (Å²) < 4.78 is 1.06. The lowest BCUT2D eigenvalue weighted by atomic mass is 9.93. The maximum atomic E-state index is 12.2. The third-order valence-corrected chi connectivity index (χ3v) is 3.49. The van der Waals surface area contributed by atoms with E-state index in [1.807, 2.05) is 49.4 Å². The zero-order valence-corrected chi connectivity index (χ0v) is 11.9. The van der Waals surface area contributed by atoms with Crippen molar-refractivity contribution in [2.75, 3.05) is 0 Å². The predicted octanol–water partition coefficient (Wildman–Crippen LogP) is 4.51. The van der Waals surface area contributed by atoms with Crippen LogP contribution in [0.15, 0.2) is 59.1 Å². The normalized spacial score (nSPS) is 12.1. The largest absolute Gasteiger partial charge is 0.294 e. The van der Waals surface area contributed by atoms with E-state index in [0.717, 1.165) is 16.5 Å². The van der Waals surface area contributed by atoms with Crippen molar-refractivity contribution in [1.82, 2.24) is 0 Å². The standard InChI is InChI=1S/C16H15BrO/c1-12(11-13-7-9-15(17)10-8-13)16(18)14-5-3-2-4-6-14/h2-10,12H,11H2,1H3. The average Bonchev–Trinajstić information content (AvgIpc) is 2.41. The Hall–Kier alpha value is -1.41. The molecule has 0 aliphatic heterocycles. The van der Waals surface area contributed by atoms with Crippen molar-refractivity contribution in [3.05, 3.63) is 70.2 Å². The number of Topliss-reactive ketones (excluding diaryl/α,β-unsaturated/α-hetero) is 1. The highest BCUT2D eigenvalue weighted by atomic mass is 79.9. The lowest BCUT2D eigenvalue weighted by molar-refractivity contribution is 0.0929. The molecule has 0 radical (unpaired) electrons. The number of halogens is 1. The minimum atomic E-state index is 0.00794. The first-order chi connectivity index (χ1) is 8.66. The van der Waals surface area contributed by atoms with Gasteiger partial charge < -0.3 is 0 Å².